The molecule has 0 saturated carbocycles. The molecule has 2 atom stereocenters. The number of rotatable bonds is 3. The number of nitro benzene ring substituents is 1. The van der Waals surface area contributed by atoms with Gasteiger partial charge < -0.3 is 0 Å². The summed E-state index contributed by atoms with van der Waals surface area (Å²) in [5, 5.41) is 10.9. The number of nitrogens with zero attached hydrogens (tertiary/aromatic N) is 1. The fraction of sp³-hybridized carbons (Fsp3) is 0.455. The van der Waals surface area contributed by atoms with Crippen LogP contribution >= 0.6 is 15.9 Å². The van der Waals surface area contributed by atoms with E-state index in [1.54, 1.807) is 6.07 Å². The highest BCUT2D eigenvalue weighted by molar-refractivity contribution is 9.09. The van der Waals surface area contributed by atoms with Gasteiger partial charge in [0.15, 0.2) is 0 Å². The van der Waals surface area contributed by atoms with Crippen LogP contribution in [0.3, 0.4) is 0 Å². The number of halogens is 1. The molecule has 0 saturated heterocycles. The number of nitro groups is 1. The Hall–Kier alpha value is -0.900. The van der Waals surface area contributed by atoms with Gasteiger partial charge in [-0.15, -0.1) is 0 Å². The normalized spacial score (nSPS) is 14.7. The largest absolute Gasteiger partial charge is 0.273 e. The lowest BCUT2D eigenvalue weighted by molar-refractivity contribution is -0.385. The second-order valence-electron chi connectivity index (χ2n) is 3.79. The van der Waals surface area contributed by atoms with Gasteiger partial charge in [0.1, 0.15) is 0 Å². The zero-order valence-corrected chi connectivity index (χ0v) is 10.6. The lowest BCUT2D eigenvalue weighted by atomic mass is 9.96. The fourth-order valence-electron chi connectivity index (χ4n) is 1.44. The van der Waals surface area contributed by atoms with Gasteiger partial charge in [0.05, 0.1) is 4.92 Å². The van der Waals surface area contributed by atoms with Gasteiger partial charge in [0, 0.05) is 22.4 Å². The highest BCUT2D eigenvalue weighted by atomic mass is 79.9. The first-order valence-corrected chi connectivity index (χ1v) is 5.74. The van der Waals surface area contributed by atoms with Crippen molar-refractivity contribution in [3.63, 3.8) is 0 Å². The summed E-state index contributed by atoms with van der Waals surface area (Å²) in [7, 11) is 0. The molecule has 0 heterocycles. The summed E-state index contributed by atoms with van der Waals surface area (Å²) < 4.78 is 0. The van der Waals surface area contributed by atoms with Crippen molar-refractivity contribution in [1.29, 1.82) is 0 Å². The summed E-state index contributed by atoms with van der Waals surface area (Å²) >= 11 is 3.46. The van der Waals surface area contributed by atoms with Crippen LogP contribution in [0, 0.1) is 17.0 Å². The lowest BCUT2D eigenvalue weighted by Gasteiger charge is -2.14. The first-order chi connectivity index (χ1) is 6.93. The molecule has 1 aromatic carbocycles. The molecule has 0 spiro atoms. The standard InChI is InChI=1S/C11H14BrNO2/c1-7-4-5-10(8(2)9(3)12)11(6-7)13(14)15/h4-6,8-9H,1-3H3. The fourth-order valence-corrected chi connectivity index (χ4v) is 1.73. The molecule has 0 amide bonds. The number of alkyl halides is 1. The Bertz CT molecular complexity index is 377. The molecule has 0 aromatic heterocycles. The van der Waals surface area contributed by atoms with Crippen molar-refractivity contribution in [2.45, 2.75) is 31.5 Å². The second-order valence-corrected chi connectivity index (χ2v) is 5.23. The van der Waals surface area contributed by atoms with Crippen LogP contribution in [0.1, 0.15) is 30.9 Å². The van der Waals surface area contributed by atoms with Gasteiger partial charge in [0.25, 0.3) is 5.69 Å². The minimum atomic E-state index is -0.311. The Labute approximate surface area is 97.8 Å². The van der Waals surface area contributed by atoms with E-state index in [4.69, 9.17) is 0 Å². The van der Waals surface area contributed by atoms with Crippen LogP contribution in [-0.4, -0.2) is 9.75 Å². The van der Waals surface area contributed by atoms with Gasteiger partial charge in [-0.2, -0.15) is 0 Å². The minimum absolute atomic E-state index is 0.131. The van der Waals surface area contributed by atoms with Crippen molar-refractivity contribution in [3.05, 3.63) is 39.4 Å². The molecule has 1 aromatic rings. The van der Waals surface area contributed by atoms with Crippen molar-refractivity contribution < 1.29 is 4.92 Å². The summed E-state index contributed by atoms with van der Waals surface area (Å²) in [6.45, 7) is 5.84. The predicted octanol–water partition coefficient (Wildman–Crippen LogP) is 3.79. The van der Waals surface area contributed by atoms with Crippen LogP contribution in [0.5, 0.6) is 0 Å². The number of hydrogen-bond acceptors (Lipinski definition) is 2. The highest BCUT2D eigenvalue weighted by Gasteiger charge is 2.21. The van der Waals surface area contributed by atoms with E-state index in [1.807, 2.05) is 32.9 Å². The summed E-state index contributed by atoms with van der Waals surface area (Å²) in [6.07, 6.45) is 0. The van der Waals surface area contributed by atoms with Crippen molar-refractivity contribution in [2.75, 3.05) is 0 Å². The first-order valence-electron chi connectivity index (χ1n) is 4.82. The summed E-state index contributed by atoms with van der Waals surface area (Å²) in [5.74, 6) is 0.131. The zero-order chi connectivity index (χ0) is 11.6. The molecule has 4 heteroatoms. The topological polar surface area (TPSA) is 43.1 Å². The van der Waals surface area contributed by atoms with Crippen LogP contribution in [0.25, 0.3) is 0 Å². The molecule has 0 radical (unpaired) electrons. The Morgan fingerprint density at radius 3 is 2.47 bits per heavy atom. The SMILES string of the molecule is Cc1ccc(C(C)C(C)Br)c([N+](=O)[O-])c1. The summed E-state index contributed by atoms with van der Waals surface area (Å²) in [4.78, 5) is 10.8. The Morgan fingerprint density at radius 2 is 2.00 bits per heavy atom. The molecular formula is C11H14BrNO2. The van der Waals surface area contributed by atoms with Gasteiger partial charge in [-0.1, -0.05) is 41.9 Å². The van der Waals surface area contributed by atoms with E-state index in [-0.39, 0.29) is 21.4 Å². The van der Waals surface area contributed by atoms with E-state index in [9.17, 15) is 10.1 Å². The molecule has 82 valence electrons. The van der Waals surface area contributed by atoms with E-state index in [2.05, 4.69) is 15.9 Å². The number of aryl methyl sites for hydroxylation is 1. The molecule has 15 heavy (non-hydrogen) atoms. The van der Waals surface area contributed by atoms with E-state index >= 15 is 0 Å². The third kappa shape index (κ3) is 2.78. The van der Waals surface area contributed by atoms with Gasteiger partial charge in [-0.25, -0.2) is 0 Å². The zero-order valence-electron chi connectivity index (χ0n) is 9.03. The summed E-state index contributed by atoms with van der Waals surface area (Å²) in [5.41, 5.74) is 1.92. The Morgan fingerprint density at radius 1 is 1.40 bits per heavy atom. The van der Waals surface area contributed by atoms with E-state index < -0.39 is 0 Å². The van der Waals surface area contributed by atoms with Gasteiger partial charge in [0.2, 0.25) is 0 Å². The van der Waals surface area contributed by atoms with Gasteiger partial charge >= 0.3 is 0 Å². The highest BCUT2D eigenvalue weighted by Crippen LogP contribution is 2.32. The third-order valence-electron chi connectivity index (χ3n) is 2.56. The monoisotopic (exact) mass is 271 g/mol. The maximum Gasteiger partial charge on any atom is 0.273 e. The molecule has 0 aliphatic carbocycles. The molecule has 0 bridgehead atoms. The van der Waals surface area contributed by atoms with E-state index in [1.165, 1.54) is 0 Å². The first kappa shape index (κ1) is 12.2. The summed E-state index contributed by atoms with van der Waals surface area (Å²) in [6, 6.07) is 5.38. The van der Waals surface area contributed by atoms with Crippen LogP contribution < -0.4 is 0 Å². The predicted molar refractivity (Wildman–Crippen MR) is 64.6 cm³/mol. The quantitative estimate of drug-likeness (QED) is 0.477. The molecule has 0 N–H and O–H groups in total. The van der Waals surface area contributed by atoms with Crippen LogP contribution in [-0.2, 0) is 0 Å². The average Bonchev–Trinajstić information content (AvgIpc) is 2.16. The second kappa shape index (κ2) is 4.75. The molecular weight excluding hydrogens is 258 g/mol. The molecule has 0 aliphatic heterocycles. The van der Waals surface area contributed by atoms with Gasteiger partial charge in [-0.05, 0) is 12.5 Å². The smallest absolute Gasteiger partial charge is 0.258 e. The maximum absolute atomic E-state index is 10.9. The molecule has 2 unspecified atom stereocenters. The van der Waals surface area contributed by atoms with Crippen LogP contribution in [0.4, 0.5) is 5.69 Å². The van der Waals surface area contributed by atoms with Gasteiger partial charge in [-0.3, -0.25) is 10.1 Å². The van der Waals surface area contributed by atoms with Crippen LogP contribution in [0.2, 0.25) is 0 Å². The third-order valence-corrected chi connectivity index (χ3v) is 3.36. The lowest BCUT2D eigenvalue weighted by Crippen LogP contribution is -2.07. The van der Waals surface area contributed by atoms with E-state index in [0.29, 0.717) is 0 Å². The van der Waals surface area contributed by atoms with Crippen molar-refractivity contribution in [1.82, 2.24) is 0 Å². The molecule has 3 nitrogen and oxygen atoms in total. The number of hydrogen-bond donors (Lipinski definition) is 0. The molecule has 0 aliphatic rings. The maximum atomic E-state index is 10.9. The van der Waals surface area contributed by atoms with Crippen molar-refractivity contribution in [2.24, 2.45) is 0 Å². The van der Waals surface area contributed by atoms with Crippen molar-refractivity contribution >= 4 is 21.6 Å². The number of benzene rings is 1. The Balaban J connectivity index is 3.22. The molecule has 1 rings (SSSR count). The Kier molecular flexibility index (Phi) is 3.85. The van der Waals surface area contributed by atoms with Crippen LogP contribution in [0.15, 0.2) is 18.2 Å². The molecule has 0 fully saturated rings. The van der Waals surface area contributed by atoms with Crippen molar-refractivity contribution in [3.8, 4) is 0 Å². The minimum Gasteiger partial charge on any atom is -0.258 e. The van der Waals surface area contributed by atoms with E-state index in [0.717, 1.165) is 11.1 Å². The average molecular weight is 272 g/mol.